The van der Waals surface area contributed by atoms with Crippen molar-refractivity contribution in [2.45, 2.75) is 19.8 Å². The van der Waals surface area contributed by atoms with Gasteiger partial charge in [-0.2, -0.15) is 0 Å². The van der Waals surface area contributed by atoms with Crippen LogP contribution in [-0.4, -0.2) is 16.0 Å². The predicted molar refractivity (Wildman–Crippen MR) is 75.2 cm³/mol. The van der Waals surface area contributed by atoms with E-state index in [1.807, 2.05) is 24.3 Å². The Balaban J connectivity index is 2.07. The molecule has 5 nitrogen and oxygen atoms in total. The molecule has 0 radical (unpaired) electrons. The number of carbonyl (C=O) groups excluding carboxylic acids is 1. The summed E-state index contributed by atoms with van der Waals surface area (Å²) in [6, 6.07) is 7.41. The number of benzene rings is 1. The van der Waals surface area contributed by atoms with Crippen LogP contribution in [0.15, 0.2) is 42.9 Å². The average molecular weight is 256 g/mol. The van der Waals surface area contributed by atoms with Crippen LogP contribution in [0, 0.1) is 0 Å². The molecule has 0 atom stereocenters. The average Bonchev–Trinajstić information content (AvgIpc) is 2.40. The summed E-state index contributed by atoms with van der Waals surface area (Å²) < 4.78 is 0. The monoisotopic (exact) mass is 256 g/mol. The summed E-state index contributed by atoms with van der Waals surface area (Å²) in [5.41, 5.74) is 1.90. The smallest absolute Gasteiger partial charge is 0.307 e. The van der Waals surface area contributed by atoms with Crippen molar-refractivity contribution in [3.05, 3.63) is 48.4 Å². The number of hydrogen-bond acceptors (Lipinski definition) is 3. The number of anilines is 2. The molecule has 2 amide bonds. The lowest BCUT2D eigenvalue weighted by Crippen LogP contribution is -2.21. The van der Waals surface area contributed by atoms with Crippen LogP contribution in [0.3, 0.4) is 0 Å². The molecule has 0 aliphatic heterocycles. The van der Waals surface area contributed by atoms with Crippen molar-refractivity contribution in [3.63, 3.8) is 0 Å². The van der Waals surface area contributed by atoms with Gasteiger partial charge in [-0.1, -0.05) is 32.0 Å². The van der Waals surface area contributed by atoms with E-state index in [9.17, 15) is 4.79 Å². The SMILES string of the molecule is CC(C)c1ccccc1NC(=O)Nc1cnccn1. The molecule has 0 fully saturated rings. The molecule has 5 heteroatoms. The minimum absolute atomic E-state index is 0.325. The maximum atomic E-state index is 11.9. The van der Waals surface area contributed by atoms with Crippen LogP contribution in [0.4, 0.5) is 16.3 Å². The van der Waals surface area contributed by atoms with Gasteiger partial charge in [0.05, 0.1) is 6.20 Å². The fourth-order valence-electron chi connectivity index (χ4n) is 1.75. The van der Waals surface area contributed by atoms with Gasteiger partial charge in [-0.25, -0.2) is 9.78 Å². The van der Waals surface area contributed by atoms with Gasteiger partial charge in [0, 0.05) is 18.1 Å². The minimum Gasteiger partial charge on any atom is -0.307 e. The topological polar surface area (TPSA) is 66.9 Å². The highest BCUT2D eigenvalue weighted by Gasteiger charge is 2.09. The highest BCUT2D eigenvalue weighted by atomic mass is 16.2. The standard InChI is InChI=1S/C14H16N4O/c1-10(2)11-5-3-4-6-12(11)17-14(19)18-13-9-15-7-8-16-13/h3-10H,1-2H3,(H2,16,17,18,19). The number of urea groups is 1. The van der Waals surface area contributed by atoms with Gasteiger partial charge in [-0.3, -0.25) is 10.3 Å². The third-order valence-corrected chi connectivity index (χ3v) is 2.64. The van der Waals surface area contributed by atoms with E-state index in [2.05, 4.69) is 34.4 Å². The molecule has 2 rings (SSSR count). The number of aromatic nitrogens is 2. The summed E-state index contributed by atoms with van der Waals surface area (Å²) in [5.74, 6) is 0.759. The van der Waals surface area contributed by atoms with Crippen molar-refractivity contribution in [1.82, 2.24) is 9.97 Å². The quantitative estimate of drug-likeness (QED) is 0.885. The molecule has 1 heterocycles. The van der Waals surface area contributed by atoms with Crippen molar-refractivity contribution < 1.29 is 4.79 Å². The summed E-state index contributed by atoms with van der Waals surface area (Å²) in [4.78, 5) is 19.7. The van der Waals surface area contributed by atoms with Crippen LogP contribution in [0.1, 0.15) is 25.3 Å². The zero-order chi connectivity index (χ0) is 13.7. The third-order valence-electron chi connectivity index (χ3n) is 2.64. The Morgan fingerprint density at radius 1 is 1.16 bits per heavy atom. The van der Waals surface area contributed by atoms with E-state index < -0.39 is 0 Å². The Kier molecular flexibility index (Phi) is 4.07. The number of nitrogens with zero attached hydrogens (tertiary/aromatic N) is 2. The van der Waals surface area contributed by atoms with Gasteiger partial charge < -0.3 is 5.32 Å². The van der Waals surface area contributed by atoms with E-state index in [1.165, 1.54) is 12.4 Å². The second-order valence-corrected chi connectivity index (χ2v) is 4.41. The third kappa shape index (κ3) is 3.51. The van der Waals surface area contributed by atoms with E-state index in [-0.39, 0.29) is 6.03 Å². The van der Waals surface area contributed by atoms with Gasteiger partial charge in [0.15, 0.2) is 5.82 Å². The molecule has 0 unspecified atom stereocenters. The number of para-hydroxylation sites is 1. The van der Waals surface area contributed by atoms with Gasteiger partial charge in [0.25, 0.3) is 0 Å². The van der Waals surface area contributed by atoms with E-state index in [0.717, 1.165) is 11.3 Å². The molecule has 98 valence electrons. The molecule has 1 aromatic heterocycles. The van der Waals surface area contributed by atoms with Crippen LogP contribution in [0.25, 0.3) is 0 Å². The summed E-state index contributed by atoms with van der Waals surface area (Å²) in [6.07, 6.45) is 4.57. The number of amides is 2. The molecule has 0 saturated carbocycles. The Morgan fingerprint density at radius 2 is 1.95 bits per heavy atom. The zero-order valence-electron chi connectivity index (χ0n) is 10.9. The molecule has 0 saturated heterocycles. The lowest BCUT2D eigenvalue weighted by atomic mass is 10.0. The highest BCUT2D eigenvalue weighted by Crippen LogP contribution is 2.23. The molecule has 0 spiro atoms. The molecule has 2 aromatic rings. The maximum absolute atomic E-state index is 11.9. The molecule has 2 N–H and O–H groups in total. The summed E-state index contributed by atoms with van der Waals surface area (Å²) >= 11 is 0. The highest BCUT2D eigenvalue weighted by molar-refractivity contribution is 5.99. The first-order valence-corrected chi connectivity index (χ1v) is 6.10. The first kappa shape index (κ1) is 13.0. The van der Waals surface area contributed by atoms with Crippen LogP contribution < -0.4 is 10.6 Å². The van der Waals surface area contributed by atoms with E-state index >= 15 is 0 Å². The Labute approximate surface area is 112 Å². The predicted octanol–water partition coefficient (Wildman–Crippen LogP) is 3.24. The molecule has 19 heavy (non-hydrogen) atoms. The molecular formula is C14H16N4O. The molecule has 0 aliphatic rings. The van der Waals surface area contributed by atoms with Gasteiger partial charge in [0.1, 0.15) is 0 Å². The number of nitrogens with one attached hydrogen (secondary N) is 2. The summed E-state index contributed by atoms with van der Waals surface area (Å²) in [5, 5.41) is 5.46. The summed E-state index contributed by atoms with van der Waals surface area (Å²) in [7, 11) is 0. The van der Waals surface area contributed by atoms with Crippen molar-refractivity contribution in [2.75, 3.05) is 10.6 Å². The first-order chi connectivity index (χ1) is 9.16. The van der Waals surface area contributed by atoms with Crippen molar-refractivity contribution in [1.29, 1.82) is 0 Å². The Morgan fingerprint density at radius 3 is 2.63 bits per heavy atom. The van der Waals surface area contributed by atoms with Crippen molar-refractivity contribution in [2.24, 2.45) is 0 Å². The van der Waals surface area contributed by atoms with E-state index in [0.29, 0.717) is 11.7 Å². The number of carbonyl (C=O) groups is 1. The van der Waals surface area contributed by atoms with Crippen LogP contribution in [0.2, 0.25) is 0 Å². The fraction of sp³-hybridized carbons (Fsp3) is 0.214. The number of hydrogen-bond donors (Lipinski definition) is 2. The van der Waals surface area contributed by atoms with Crippen molar-refractivity contribution in [3.8, 4) is 0 Å². The molecular weight excluding hydrogens is 240 g/mol. The number of rotatable bonds is 3. The second-order valence-electron chi connectivity index (χ2n) is 4.41. The lowest BCUT2D eigenvalue weighted by Gasteiger charge is -2.13. The van der Waals surface area contributed by atoms with E-state index in [1.54, 1.807) is 6.20 Å². The van der Waals surface area contributed by atoms with Gasteiger partial charge in [-0.15, -0.1) is 0 Å². The van der Waals surface area contributed by atoms with Crippen LogP contribution >= 0.6 is 0 Å². The lowest BCUT2D eigenvalue weighted by molar-refractivity contribution is 0.262. The largest absolute Gasteiger partial charge is 0.324 e. The van der Waals surface area contributed by atoms with Gasteiger partial charge in [-0.05, 0) is 17.5 Å². The van der Waals surface area contributed by atoms with Crippen LogP contribution in [-0.2, 0) is 0 Å². The first-order valence-electron chi connectivity index (χ1n) is 6.10. The maximum Gasteiger partial charge on any atom is 0.324 e. The second kappa shape index (κ2) is 5.95. The van der Waals surface area contributed by atoms with Crippen molar-refractivity contribution >= 4 is 17.5 Å². The molecule has 0 bridgehead atoms. The van der Waals surface area contributed by atoms with Crippen LogP contribution in [0.5, 0.6) is 0 Å². The normalized spacial score (nSPS) is 10.3. The van der Waals surface area contributed by atoms with Gasteiger partial charge in [0.2, 0.25) is 0 Å². The fourth-order valence-corrected chi connectivity index (χ4v) is 1.75. The zero-order valence-corrected chi connectivity index (χ0v) is 10.9. The van der Waals surface area contributed by atoms with Gasteiger partial charge >= 0.3 is 6.03 Å². The molecule has 1 aromatic carbocycles. The summed E-state index contributed by atoms with van der Waals surface area (Å²) in [6.45, 7) is 4.17. The Bertz CT molecular complexity index is 554. The Hall–Kier alpha value is -2.43. The molecule has 0 aliphatic carbocycles. The minimum atomic E-state index is -0.325. The van der Waals surface area contributed by atoms with E-state index in [4.69, 9.17) is 0 Å².